The maximum absolute atomic E-state index is 11.8. The van der Waals surface area contributed by atoms with E-state index in [0.717, 1.165) is 32.5 Å². The first-order chi connectivity index (χ1) is 7.24. The molecule has 4 heteroatoms. The van der Waals surface area contributed by atoms with Crippen LogP contribution in [0.3, 0.4) is 0 Å². The summed E-state index contributed by atoms with van der Waals surface area (Å²) in [6.07, 6.45) is 3.79. The van der Waals surface area contributed by atoms with Crippen LogP contribution in [0.25, 0.3) is 0 Å². The number of hydrogen-bond acceptors (Lipinski definition) is 3. The highest BCUT2D eigenvalue weighted by molar-refractivity contribution is 7.85. The fourth-order valence-electron chi connectivity index (χ4n) is 1.69. The number of hydrogen-bond donors (Lipinski definition) is 0. The minimum atomic E-state index is -0.757. The molecule has 3 nitrogen and oxygen atoms in total. The Morgan fingerprint density at radius 1 is 1.40 bits per heavy atom. The van der Waals surface area contributed by atoms with Gasteiger partial charge in [0.25, 0.3) is 0 Å². The standard InChI is InChI=1S/C11H20O3S/c1-2-10(12)4-3-9-15(13)11-5-7-14-8-6-11/h11H,2-9H2,1H3. The first-order valence-corrected chi connectivity index (χ1v) is 7.09. The highest BCUT2D eigenvalue weighted by Crippen LogP contribution is 2.14. The number of rotatable bonds is 6. The minimum absolute atomic E-state index is 0.277. The van der Waals surface area contributed by atoms with Gasteiger partial charge in [-0.2, -0.15) is 0 Å². The molecule has 1 atom stereocenters. The molecular weight excluding hydrogens is 212 g/mol. The number of carbonyl (C=O) groups excluding carboxylic acids is 1. The third kappa shape index (κ3) is 4.89. The summed E-state index contributed by atoms with van der Waals surface area (Å²) in [5, 5.41) is 0.301. The molecule has 1 aliphatic rings. The monoisotopic (exact) mass is 232 g/mol. The lowest BCUT2D eigenvalue weighted by Gasteiger charge is -2.21. The van der Waals surface area contributed by atoms with Gasteiger partial charge in [0.15, 0.2) is 0 Å². The molecule has 88 valence electrons. The van der Waals surface area contributed by atoms with Gasteiger partial charge >= 0.3 is 0 Å². The summed E-state index contributed by atoms with van der Waals surface area (Å²) in [6.45, 7) is 3.35. The molecule has 0 N–H and O–H groups in total. The lowest BCUT2D eigenvalue weighted by Crippen LogP contribution is -2.26. The quantitative estimate of drug-likeness (QED) is 0.699. The summed E-state index contributed by atoms with van der Waals surface area (Å²) in [5.74, 6) is 0.954. The van der Waals surface area contributed by atoms with Gasteiger partial charge in [-0.15, -0.1) is 0 Å². The molecule has 1 saturated heterocycles. The third-order valence-corrected chi connectivity index (χ3v) is 4.64. The lowest BCUT2D eigenvalue weighted by atomic mass is 10.2. The molecule has 0 saturated carbocycles. The van der Waals surface area contributed by atoms with E-state index in [1.165, 1.54) is 0 Å². The Hall–Kier alpha value is -0.220. The Morgan fingerprint density at radius 2 is 2.07 bits per heavy atom. The van der Waals surface area contributed by atoms with E-state index in [1.54, 1.807) is 0 Å². The molecule has 0 amide bonds. The maximum Gasteiger partial charge on any atom is 0.132 e. The van der Waals surface area contributed by atoms with E-state index in [-0.39, 0.29) is 5.78 Å². The van der Waals surface area contributed by atoms with Gasteiger partial charge in [0.05, 0.1) is 0 Å². The Bertz CT molecular complexity index is 222. The Labute approximate surface area is 94.0 Å². The molecule has 1 fully saturated rings. The van der Waals surface area contributed by atoms with E-state index in [4.69, 9.17) is 4.74 Å². The van der Waals surface area contributed by atoms with Crippen LogP contribution in [0, 0.1) is 0 Å². The Morgan fingerprint density at radius 3 is 2.67 bits per heavy atom. The zero-order chi connectivity index (χ0) is 11.1. The molecule has 0 spiro atoms. The van der Waals surface area contributed by atoms with E-state index < -0.39 is 10.8 Å². The summed E-state index contributed by atoms with van der Waals surface area (Å²) in [7, 11) is -0.757. The normalized spacial score (nSPS) is 20.1. The van der Waals surface area contributed by atoms with Crippen LogP contribution in [0.2, 0.25) is 0 Å². The highest BCUT2D eigenvalue weighted by atomic mass is 32.2. The summed E-state index contributed by atoms with van der Waals surface area (Å²) in [5.41, 5.74) is 0. The van der Waals surface area contributed by atoms with Crippen LogP contribution in [0.4, 0.5) is 0 Å². The van der Waals surface area contributed by atoms with Crippen molar-refractivity contribution in [2.45, 2.75) is 44.3 Å². The van der Waals surface area contributed by atoms with E-state index in [0.29, 0.717) is 23.8 Å². The van der Waals surface area contributed by atoms with E-state index >= 15 is 0 Å². The van der Waals surface area contributed by atoms with Gasteiger partial charge in [0.1, 0.15) is 5.78 Å². The smallest absolute Gasteiger partial charge is 0.132 e. The van der Waals surface area contributed by atoms with Crippen molar-refractivity contribution in [3.8, 4) is 0 Å². The topological polar surface area (TPSA) is 43.4 Å². The largest absolute Gasteiger partial charge is 0.381 e. The van der Waals surface area contributed by atoms with Crippen molar-refractivity contribution >= 4 is 16.6 Å². The zero-order valence-corrected chi connectivity index (χ0v) is 10.2. The predicted molar refractivity (Wildman–Crippen MR) is 61.4 cm³/mol. The van der Waals surface area contributed by atoms with Crippen LogP contribution in [0.15, 0.2) is 0 Å². The second-order valence-electron chi connectivity index (χ2n) is 3.89. The van der Waals surface area contributed by atoms with E-state index in [9.17, 15) is 9.00 Å². The van der Waals surface area contributed by atoms with Crippen molar-refractivity contribution in [3.63, 3.8) is 0 Å². The van der Waals surface area contributed by atoms with E-state index in [2.05, 4.69) is 0 Å². The minimum Gasteiger partial charge on any atom is -0.381 e. The van der Waals surface area contributed by atoms with Crippen LogP contribution in [-0.2, 0) is 20.3 Å². The maximum atomic E-state index is 11.8. The van der Waals surface area contributed by atoms with Crippen molar-refractivity contribution in [2.24, 2.45) is 0 Å². The summed E-state index contributed by atoms with van der Waals surface area (Å²) >= 11 is 0. The number of carbonyl (C=O) groups is 1. The van der Waals surface area contributed by atoms with Gasteiger partial charge in [0, 0.05) is 47.9 Å². The van der Waals surface area contributed by atoms with Gasteiger partial charge in [-0.05, 0) is 19.3 Å². The van der Waals surface area contributed by atoms with Gasteiger partial charge < -0.3 is 4.74 Å². The first-order valence-electron chi connectivity index (χ1n) is 5.70. The fraction of sp³-hybridized carbons (Fsp3) is 0.909. The SMILES string of the molecule is CCC(=O)CCCS(=O)C1CCOCC1. The molecule has 1 rings (SSSR count). The molecule has 0 aromatic carbocycles. The second-order valence-corrected chi connectivity index (χ2v) is 5.73. The van der Waals surface area contributed by atoms with Gasteiger partial charge in [-0.1, -0.05) is 6.92 Å². The van der Waals surface area contributed by atoms with Gasteiger partial charge in [0.2, 0.25) is 0 Å². The fourth-order valence-corrected chi connectivity index (χ4v) is 3.17. The van der Waals surface area contributed by atoms with Crippen molar-refractivity contribution in [1.82, 2.24) is 0 Å². The molecule has 1 aliphatic heterocycles. The van der Waals surface area contributed by atoms with E-state index in [1.807, 2.05) is 6.92 Å². The average Bonchev–Trinajstić information content (AvgIpc) is 2.29. The number of ketones is 1. The highest BCUT2D eigenvalue weighted by Gasteiger charge is 2.19. The molecule has 15 heavy (non-hydrogen) atoms. The summed E-state index contributed by atoms with van der Waals surface area (Å²) in [6, 6.07) is 0. The van der Waals surface area contributed by atoms with Crippen LogP contribution in [-0.4, -0.2) is 34.2 Å². The Kier molecular flexibility index (Phi) is 6.10. The summed E-state index contributed by atoms with van der Waals surface area (Å²) < 4.78 is 17.0. The molecule has 1 heterocycles. The van der Waals surface area contributed by atoms with Crippen molar-refractivity contribution in [2.75, 3.05) is 19.0 Å². The first kappa shape index (κ1) is 12.8. The lowest BCUT2D eigenvalue weighted by molar-refractivity contribution is -0.118. The van der Waals surface area contributed by atoms with Gasteiger partial charge in [-0.25, -0.2) is 0 Å². The van der Waals surface area contributed by atoms with Crippen LogP contribution in [0.1, 0.15) is 39.0 Å². The molecule has 0 radical (unpaired) electrons. The van der Waals surface area contributed by atoms with Crippen LogP contribution >= 0.6 is 0 Å². The van der Waals surface area contributed by atoms with Crippen molar-refractivity contribution in [3.05, 3.63) is 0 Å². The van der Waals surface area contributed by atoms with Crippen molar-refractivity contribution in [1.29, 1.82) is 0 Å². The van der Waals surface area contributed by atoms with Crippen molar-refractivity contribution < 1.29 is 13.7 Å². The average molecular weight is 232 g/mol. The zero-order valence-electron chi connectivity index (χ0n) is 9.37. The molecule has 0 aromatic rings. The number of Topliss-reactive ketones (excluding diaryl/α,β-unsaturated/α-hetero) is 1. The molecule has 0 aromatic heterocycles. The molecule has 0 aliphatic carbocycles. The molecule has 0 bridgehead atoms. The molecule has 1 unspecified atom stereocenters. The van der Waals surface area contributed by atoms with Crippen LogP contribution < -0.4 is 0 Å². The Balaban J connectivity index is 2.14. The predicted octanol–water partition coefficient (Wildman–Crippen LogP) is 1.67. The van der Waals surface area contributed by atoms with Crippen LogP contribution in [0.5, 0.6) is 0 Å². The third-order valence-electron chi connectivity index (χ3n) is 2.74. The second kappa shape index (κ2) is 7.12. The number of ether oxygens (including phenoxy) is 1. The van der Waals surface area contributed by atoms with Gasteiger partial charge in [-0.3, -0.25) is 9.00 Å². The summed E-state index contributed by atoms with van der Waals surface area (Å²) in [4.78, 5) is 11.1. The molecular formula is C11H20O3S.